The predicted molar refractivity (Wildman–Crippen MR) is 163 cm³/mol. The molecule has 1 aliphatic heterocycles. The van der Waals surface area contributed by atoms with Gasteiger partial charge in [-0.05, 0) is 55.7 Å². The molecule has 0 radical (unpaired) electrons. The monoisotopic (exact) mass is 595 g/mol. The SMILES string of the molecule is CC(=O)c1nn(CC(=O)N2[C@H](C(=O)NC/C(F)=C(/C)c3ccccc3)C[C@@]3(C)CC[C@@H]23)c2cnc(-c3cnc(C)nc3)cc12. The Morgan fingerprint density at radius 3 is 2.45 bits per heavy atom. The summed E-state index contributed by atoms with van der Waals surface area (Å²) in [6, 6.07) is 10.1. The fourth-order valence-electron chi connectivity index (χ4n) is 6.41. The highest BCUT2D eigenvalue weighted by atomic mass is 19.1. The van der Waals surface area contributed by atoms with Crippen molar-refractivity contribution < 1.29 is 18.8 Å². The summed E-state index contributed by atoms with van der Waals surface area (Å²) >= 11 is 0. The van der Waals surface area contributed by atoms with E-state index in [-0.39, 0.29) is 47.8 Å². The molecule has 1 saturated heterocycles. The van der Waals surface area contributed by atoms with Crippen LogP contribution in [0.25, 0.3) is 27.7 Å². The minimum absolute atomic E-state index is 0.0995. The molecular formula is C33H34FN7O3. The van der Waals surface area contributed by atoms with Gasteiger partial charge in [0.25, 0.3) is 0 Å². The van der Waals surface area contributed by atoms with E-state index in [9.17, 15) is 14.4 Å². The zero-order chi connectivity index (χ0) is 31.2. The molecule has 11 heteroatoms. The summed E-state index contributed by atoms with van der Waals surface area (Å²) in [6.45, 7) is 6.56. The average molecular weight is 596 g/mol. The van der Waals surface area contributed by atoms with E-state index in [1.54, 1.807) is 43.4 Å². The summed E-state index contributed by atoms with van der Waals surface area (Å²) in [7, 11) is 0. The van der Waals surface area contributed by atoms with Crippen molar-refractivity contribution in [3.63, 3.8) is 0 Å². The van der Waals surface area contributed by atoms with Crippen molar-refractivity contribution in [2.75, 3.05) is 6.54 Å². The molecule has 2 fully saturated rings. The minimum atomic E-state index is -0.731. The number of aromatic nitrogens is 5. The van der Waals surface area contributed by atoms with E-state index in [0.717, 1.165) is 18.4 Å². The first-order chi connectivity index (χ1) is 21.1. The van der Waals surface area contributed by atoms with E-state index in [4.69, 9.17) is 0 Å². The van der Waals surface area contributed by atoms with Gasteiger partial charge < -0.3 is 10.2 Å². The van der Waals surface area contributed by atoms with Crippen molar-refractivity contribution in [3.8, 4) is 11.3 Å². The maximum Gasteiger partial charge on any atom is 0.245 e. The number of fused-ring (bicyclic) bond motifs is 2. The average Bonchev–Trinajstić information content (AvgIpc) is 3.48. The van der Waals surface area contributed by atoms with Crippen LogP contribution in [0.3, 0.4) is 0 Å². The number of pyridine rings is 1. The van der Waals surface area contributed by atoms with Gasteiger partial charge in [0, 0.05) is 36.3 Å². The standard InChI is InChI=1S/C33H34FN7O3/c1-19(22-8-6-5-7-9-22)25(34)16-38-32(44)27-13-33(4)11-10-29(33)41(27)30(43)18-40-28-17-37-26(23-14-35-21(3)36-15-23)12-24(28)31(39-40)20(2)42/h5-9,12,14-15,17,27,29H,10-11,13,16,18H2,1-4H3,(H,38,44)/b25-19+/t27-,29+,33+/m0/s1. The number of carbonyl (C=O) groups excluding carboxylic acids is 3. The van der Waals surface area contributed by atoms with Crippen molar-refractivity contribution in [3.05, 3.63) is 77.9 Å². The Labute approximate surface area is 254 Å². The van der Waals surface area contributed by atoms with Crippen molar-refractivity contribution in [2.45, 2.75) is 65.6 Å². The van der Waals surface area contributed by atoms with Crippen LogP contribution >= 0.6 is 0 Å². The van der Waals surface area contributed by atoms with Crippen LogP contribution in [0.4, 0.5) is 4.39 Å². The molecule has 1 aliphatic carbocycles. The van der Waals surface area contributed by atoms with E-state index < -0.39 is 11.9 Å². The van der Waals surface area contributed by atoms with Gasteiger partial charge in [-0.25, -0.2) is 14.4 Å². The number of aryl methyl sites for hydroxylation is 1. The fraction of sp³-hybridized carbons (Fsp3) is 0.364. The number of ketones is 1. The van der Waals surface area contributed by atoms with Crippen molar-refractivity contribution in [2.24, 2.45) is 5.41 Å². The van der Waals surface area contributed by atoms with Gasteiger partial charge in [-0.2, -0.15) is 5.10 Å². The lowest BCUT2D eigenvalue weighted by molar-refractivity contribution is -0.143. The van der Waals surface area contributed by atoms with Crippen molar-refractivity contribution in [1.29, 1.82) is 0 Å². The molecule has 0 spiro atoms. The number of halogens is 1. The number of carbonyl (C=O) groups is 3. The van der Waals surface area contributed by atoms with Crippen LogP contribution in [0.15, 0.2) is 60.8 Å². The van der Waals surface area contributed by atoms with Gasteiger partial charge in [-0.1, -0.05) is 37.3 Å². The van der Waals surface area contributed by atoms with Crippen LogP contribution in [0.1, 0.15) is 61.9 Å². The summed E-state index contributed by atoms with van der Waals surface area (Å²) in [5.74, 6) is -0.717. The van der Waals surface area contributed by atoms with Gasteiger partial charge in [0.1, 0.15) is 29.9 Å². The molecule has 0 unspecified atom stereocenters. The molecule has 2 amide bonds. The smallest absolute Gasteiger partial charge is 0.245 e. The molecule has 4 heterocycles. The van der Waals surface area contributed by atoms with E-state index in [0.29, 0.717) is 40.0 Å². The fourth-order valence-corrected chi connectivity index (χ4v) is 6.41. The maximum atomic E-state index is 15.0. The summed E-state index contributed by atoms with van der Waals surface area (Å²) in [5, 5.41) is 7.79. The highest BCUT2D eigenvalue weighted by molar-refractivity contribution is 6.05. The summed E-state index contributed by atoms with van der Waals surface area (Å²) in [6.07, 6.45) is 7.10. The number of hydrogen-bond acceptors (Lipinski definition) is 7. The molecular weight excluding hydrogens is 561 g/mol. The van der Waals surface area contributed by atoms with Crippen LogP contribution in [0.5, 0.6) is 0 Å². The number of nitrogens with one attached hydrogen (secondary N) is 1. The summed E-state index contributed by atoms with van der Waals surface area (Å²) < 4.78 is 16.5. The van der Waals surface area contributed by atoms with Crippen molar-refractivity contribution in [1.82, 2.24) is 34.9 Å². The maximum absolute atomic E-state index is 15.0. The first-order valence-corrected chi connectivity index (χ1v) is 14.7. The zero-order valence-corrected chi connectivity index (χ0v) is 25.2. The first kappa shape index (κ1) is 29.3. The molecule has 1 saturated carbocycles. The molecule has 6 rings (SSSR count). The Morgan fingerprint density at radius 1 is 1.07 bits per heavy atom. The summed E-state index contributed by atoms with van der Waals surface area (Å²) in [4.78, 5) is 54.6. The second-order valence-corrected chi connectivity index (χ2v) is 12.0. The minimum Gasteiger partial charge on any atom is -0.348 e. The van der Waals surface area contributed by atoms with Gasteiger partial charge in [0.05, 0.1) is 24.0 Å². The molecule has 2 aliphatic rings. The third-order valence-electron chi connectivity index (χ3n) is 9.08. The molecule has 1 aromatic carbocycles. The molecule has 3 atom stereocenters. The van der Waals surface area contributed by atoms with Gasteiger partial charge in [-0.3, -0.25) is 24.0 Å². The lowest BCUT2D eigenvalue weighted by Gasteiger charge is -2.44. The quantitative estimate of drug-likeness (QED) is 0.293. The van der Waals surface area contributed by atoms with E-state index in [1.807, 2.05) is 30.3 Å². The summed E-state index contributed by atoms with van der Waals surface area (Å²) in [5.41, 5.74) is 3.04. The third kappa shape index (κ3) is 5.27. The van der Waals surface area contributed by atoms with E-state index >= 15 is 4.39 Å². The number of allylic oxidation sites excluding steroid dienone is 1. The van der Waals surface area contributed by atoms with Crippen molar-refractivity contribution >= 4 is 34.1 Å². The number of nitrogens with zero attached hydrogens (tertiary/aromatic N) is 6. The van der Waals surface area contributed by atoms with E-state index in [1.165, 1.54) is 11.6 Å². The molecule has 226 valence electrons. The molecule has 0 bridgehead atoms. The van der Waals surface area contributed by atoms with Gasteiger partial charge in [0.2, 0.25) is 11.8 Å². The Kier molecular flexibility index (Phi) is 7.56. The molecule has 3 aromatic heterocycles. The second kappa shape index (κ2) is 11.4. The van der Waals surface area contributed by atoms with Gasteiger partial charge >= 0.3 is 0 Å². The lowest BCUT2D eigenvalue weighted by Crippen LogP contribution is -2.53. The Bertz CT molecular complexity index is 1800. The molecule has 10 nitrogen and oxygen atoms in total. The number of rotatable bonds is 8. The zero-order valence-electron chi connectivity index (χ0n) is 25.2. The Balaban J connectivity index is 1.24. The third-order valence-corrected chi connectivity index (χ3v) is 9.08. The van der Waals surface area contributed by atoms with Crippen LogP contribution in [0, 0.1) is 12.3 Å². The molecule has 44 heavy (non-hydrogen) atoms. The second-order valence-electron chi connectivity index (χ2n) is 12.0. The number of benzene rings is 1. The number of likely N-dealkylation sites (tertiary alicyclic amines) is 1. The van der Waals surface area contributed by atoms with Gasteiger partial charge in [-0.15, -0.1) is 0 Å². The van der Waals surface area contributed by atoms with Crippen LogP contribution in [-0.2, 0) is 16.1 Å². The first-order valence-electron chi connectivity index (χ1n) is 14.7. The number of hydrogen-bond donors (Lipinski definition) is 1. The lowest BCUT2D eigenvalue weighted by atomic mass is 9.66. The molecule has 4 aromatic rings. The van der Waals surface area contributed by atoms with E-state index in [2.05, 4.69) is 32.3 Å². The number of amides is 2. The molecule has 1 N–H and O–H groups in total. The predicted octanol–water partition coefficient (Wildman–Crippen LogP) is 4.69. The Morgan fingerprint density at radius 2 is 1.80 bits per heavy atom. The largest absolute Gasteiger partial charge is 0.348 e. The highest BCUT2D eigenvalue weighted by Crippen LogP contribution is 2.54. The van der Waals surface area contributed by atoms with Crippen LogP contribution < -0.4 is 5.32 Å². The van der Waals surface area contributed by atoms with Crippen LogP contribution in [0.2, 0.25) is 0 Å². The highest BCUT2D eigenvalue weighted by Gasteiger charge is 2.58. The van der Waals surface area contributed by atoms with Gasteiger partial charge in [0.15, 0.2) is 5.78 Å². The normalized spacial score (nSPS) is 21.4. The van der Waals surface area contributed by atoms with Crippen LogP contribution in [-0.4, -0.2) is 65.9 Å². The number of Topliss-reactive ketones (excluding diaryl/α,β-unsaturated/α-hetero) is 1. The Hall–Kier alpha value is -4.80. The topological polar surface area (TPSA) is 123 Å².